The SMILES string of the molecule is COc1cc(C(=O)N2CC(C)OCC2C)cn2nc(Br)nc12. The summed E-state index contributed by atoms with van der Waals surface area (Å²) in [4.78, 5) is 18.9. The van der Waals surface area contributed by atoms with Gasteiger partial charge in [0.15, 0.2) is 11.4 Å². The van der Waals surface area contributed by atoms with E-state index in [4.69, 9.17) is 9.47 Å². The standard InChI is InChI=1S/C14H17BrN4O3/c1-8-7-22-9(2)5-18(8)13(20)10-4-11(21-3)12-16-14(15)17-19(12)6-10/h4,6,8-9H,5,7H2,1-3H3. The molecule has 8 heteroatoms. The zero-order chi connectivity index (χ0) is 15.9. The number of carbonyl (C=O) groups is 1. The minimum absolute atomic E-state index is 0.0336. The lowest BCUT2D eigenvalue weighted by Gasteiger charge is -2.36. The highest BCUT2D eigenvalue weighted by Gasteiger charge is 2.29. The summed E-state index contributed by atoms with van der Waals surface area (Å²) in [6, 6.07) is 1.74. The van der Waals surface area contributed by atoms with Gasteiger partial charge in [0.05, 0.1) is 31.4 Å². The minimum Gasteiger partial charge on any atom is -0.493 e. The van der Waals surface area contributed by atoms with E-state index in [9.17, 15) is 4.79 Å². The third kappa shape index (κ3) is 2.68. The highest BCUT2D eigenvalue weighted by atomic mass is 79.9. The van der Waals surface area contributed by atoms with Crippen molar-refractivity contribution in [1.29, 1.82) is 0 Å². The number of rotatable bonds is 2. The van der Waals surface area contributed by atoms with Gasteiger partial charge >= 0.3 is 0 Å². The number of hydrogen-bond acceptors (Lipinski definition) is 5. The first-order valence-electron chi connectivity index (χ1n) is 7.02. The van der Waals surface area contributed by atoms with Crippen molar-refractivity contribution in [3.8, 4) is 5.75 Å². The Kier molecular flexibility index (Phi) is 4.05. The van der Waals surface area contributed by atoms with E-state index in [-0.39, 0.29) is 18.1 Å². The molecule has 3 rings (SSSR count). The molecule has 0 radical (unpaired) electrons. The Bertz CT molecular complexity index is 717. The van der Waals surface area contributed by atoms with Gasteiger partial charge in [0.2, 0.25) is 4.73 Å². The van der Waals surface area contributed by atoms with Gasteiger partial charge in [-0.05, 0) is 35.8 Å². The van der Waals surface area contributed by atoms with Gasteiger partial charge < -0.3 is 14.4 Å². The Morgan fingerprint density at radius 1 is 1.50 bits per heavy atom. The van der Waals surface area contributed by atoms with E-state index >= 15 is 0 Å². The molecule has 2 unspecified atom stereocenters. The predicted molar refractivity (Wildman–Crippen MR) is 83.2 cm³/mol. The zero-order valence-electron chi connectivity index (χ0n) is 12.6. The summed E-state index contributed by atoms with van der Waals surface area (Å²) < 4.78 is 12.9. The van der Waals surface area contributed by atoms with Crippen LogP contribution in [0.25, 0.3) is 5.65 Å². The number of methoxy groups -OCH3 is 1. The Hall–Kier alpha value is -1.67. The second-order valence-electron chi connectivity index (χ2n) is 5.40. The molecule has 0 bridgehead atoms. The Morgan fingerprint density at radius 3 is 3.00 bits per heavy atom. The second-order valence-corrected chi connectivity index (χ2v) is 6.11. The van der Waals surface area contributed by atoms with Crippen molar-refractivity contribution in [2.24, 2.45) is 0 Å². The van der Waals surface area contributed by atoms with E-state index in [1.807, 2.05) is 18.7 Å². The van der Waals surface area contributed by atoms with Gasteiger partial charge in [0.25, 0.3) is 5.91 Å². The fourth-order valence-electron chi connectivity index (χ4n) is 2.55. The quantitative estimate of drug-likeness (QED) is 0.807. The molecule has 1 fully saturated rings. The summed E-state index contributed by atoms with van der Waals surface area (Å²) in [6.45, 7) is 5.05. The minimum atomic E-state index is -0.0607. The van der Waals surface area contributed by atoms with Crippen molar-refractivity contribution in [1.82, 2.24) is 19.5 Å². The highest BCUT2D eigenvalue weighted by Crippen LogP contribution is 2.23. The molecule has 3 heterocycles. The van der Waals surface area contributed by atoms with Crippen LogP contribution >= 0.6 is 15.9 Å². The summed E-state index contributed by atoms with van der Waals surface area (Å²) in [5, 5.41) is 4.19. The van der Waals surface area contributed by atoms with Crippen LogP contribution in [0.5, 0.6) is 5.75 Å². The molecule has 0 saturated carbocycles. The number of nitrogens with zero attached hydrogens (tertiary/aromatic N) is 4. The molecule has 2 atom stereocenters. The monoisotopic (exact) mass is 368 g/mol. The van der Waals surface area contributed by atoms with Crippen LogP contribution in [0.1, 0.15) is 24.2 Å². The van der Waals surface area contributed by atoms with Crippen LogP contribution in [0, 0.1) is 0 Å². The topological polar surface area (TPSA) is 69.0 Å². The van der Waals surface area contributed by atoms with Gasteiger partial charge in [-0.2, -0.15) is 4.98 Å². The maximum Gasteiger partial charge on any atom is 0.255 e. The fourth-order valence-corrected chi connectivity index (χ4v) is 2.89. The summed E-state index contributed by atoms with van der Waals surface area (Å²) in [5.41, 5.74) is 1.08. The number of carbonyl (C=O) groups excluding carboxylic acids is 1. The number of aromatic nitrogens is 3. The Morgan fingerprint density at radius 2 is 2.27 bits per heavy atom. The first-order valence-corrected chi connectivity index (χ1v) is 7.81. The molecule has 1 saturated heterocycles. The third-order valence-corrected chi connectivity index (χ3v) is 4.05. The van der Waals surface area contributed by atoms with Crippen LogP contribution in [0.4, 0.5) is 0 Å². The Labute approximate surface area is 136 Å². The number of halogens is 1. The summed E-state index contributed by atoms with van der Waals surface area (Å²) in [5.74, 6) is 0.451. The maximum absolute atomic E-state index is 12.8. The van der Waals surface area contributed by atoms with Gasteiger partial charge in [0, 0.05) is 12.7 Å². The average molecular weight is 369 g/mol. The van der Waals surface area contributed by atoms with Gasteiger partial charge in [-0.3, -0.25) is 4.79 Å². The highest BCUT2D eigenvalue weighted by molar-refractivity contribution is 9.10. The van der Waals surface area contributed by atoms with Crippen molar-refractivity contribution < 1.29 is 14.3 Å². The van der Waals surface area contributed by atoms with E-state index in [2.05, 4.69) is 26.0 Å². The first kappa shape index (κ1) is 15.2. The van der Waals surface area contributed by atoms with E-state index in [0.29, 0.717) is 34.8 Å². The molecule has 0 aromatic carbocycles. The molecule has 0 N–H and O–H groups in total. The number of fused-ring (bicyclic) bond motifs is 1. The second kappa shape index (κ2) is 5.85. The zero-order valence-corrected chi connectivity index (χ0v) is 14.2. The summed E-state index contributed by atoms with van der Waals surface area (Å²) in [7, 11) is 1.55. The first-order chi connectivity index (χ1) is 10.5. The Balaban J connectivity index is 1.99. The number of pyridine rings is 1. The smallest absolute Gasteiger partial charge is 0.255 e. The lowest BCUT2D eigenvalue weighted by molar-refractivity contribution is -0.0387. The van der Waals surface area contributed by atoms with Gasteiger partial charge in [-0.1, -0.05) is 0 Å². The molecule has 22 heavy (non-hydrogen) atoms. The van der Waals surface area contributed by atoms with Crippen molar-refractivity contribution in [3.63, 3.8) is 0 Å². The molecule has 0 aliphatic carbocycles. The average Bonchev–Trinajstić information content (AvgIpc) is 2.88. The van der Waals surface area contributed by atoms with Crippen molar-refractivity contribution in [2.75, 3.05) is 20.3 Å². The molecule has 0 spiro atoms. The van der Waals surface area contributed by atoms with Crippen molar-refractivity contribution in [2.45, 2.75) is 26.0 Å². The molecule has 118 valence electrons. The fraction of sp³-hybridized carbons (Fsp3) is 0.500. The molecular formula is C14H17BrN4O3. The van der Waals surface area contributed by atoms with E-state index < -0.39 is 0 Å². The number of hydrogen-bond donors (Lipinski definition) is 0. The molecule has 7 nitrogen and oxygen atoms in total. The van der Waals surface area contributed by atoms with E-state index in [1.54, 1.807) is 23.9 Å². The van der Waals surface area contributed by atoms with Crippen LogP contribution in [0.15, 0.2) is 17.0 Å². The molecule has 2 aromatic rings. The van der Waals surface area contributed by atoms with Gasteiger partial charge in [-0.25, -0.2) is 4.52 Å². The van der Waals surface area contributed by atoms with Crippen LogP contribution in [0.2, 0.25) is 0 Å². The third-order valence-electron chi connectivity index (χ3n) is 3.71. The maximum atomic E-state index is 12.8. The lowest BCUT2D eigenvalue weighted by Crippen LogP contribution is -2.50. The van der Waals surface area contributed by atoms with Crippen LogP contribution in [-0.4, -0.2) is 57.8 Å². The molecular weight excluding hydrogens is 352 g/mol. The number of morpholine rings is 1. The summed E-state index contributed by atoms with van der Waals surface area (Å²) >= 11 is 3.23. The van der Waals surface area contributed by atoms with E-state index in [0.717, 1.165) is 0 Å². The number of ether oxygens (including phenoxy) is 2. The van der Waals surface area contributed by atoms with Crippen molar-refractivity contribution >= 4 is 27.5 Å². The molecule has 1 amide bonds. The van der Waals surface area contributed by atoms with Crippen molar-refractivity contribution in [3.05, 3.63) is 22.6 Å². The predicted octanol–water partition coefficient (Wildman–Crippen LogP) is 1.75. The normalized spacial score (nSPS) is 22.1. The van der Waals surface area contributed by atoms with Crippen LogP contribution < -0.4 is 4.74 Å². The lowest BCUT2D eigenvalue weighted by atomic mass is 10.1. The van der Waals surface area contributed by atoms with E-state index in [1.165, 1.54) is 0 Å². The largest absolute Gasteiger partial charge is 0.493 e. The molecule has 1 aliphatic heterocycles. The molecule has 2 aromatic heterocycles. The molecule has 1 aliphatic rings. The van der Waals surface area contributed by atoms with Gasteiger partial charge in [0.1, 0.15) is 0 Å². The van der Waals surface area contributed by atoms with Crippen LogP contribution in [-0.2, 0) is 4.74 Å². The van der Waals surface area contributed by atoms with Crippen LogP contribution in [0.3, 0.4) is 0 Å². The number of amides is 1. The summed E-state index contributed by atoms with van der Waals surface area (Å²) in [6.07, 6.45) is 1.71. The van der Waals surface area contributed by atoms with Gasteiger partial charge in [-0.15, -0.1) is 5.10 Å².